The SMILES string of the molecule is CC(C)CN(Cc1ccccc1F)Cc1cc(O)ccc1Cl. The van der Waals surface area contributed by atoms with Crippen molar-refractivity contribution in [1.29, 1.82) is 0 Å². The summed E-state index contributed by atoms with van der Waals surface area (Å²) in [5, 5.41) is 10.2. The number of hydrogen-bond donors (Lipinski definition) is 1. The zero-order valence-corrected chi connectivity index (χ0v) is 13.6. The second-order valence-electron chi connectivity index (χ2n) is 5.93. The summed E-state index contributed by atoms with van der Waals surface area (Å²) in [5.41, 5.74) is 1.51. The normalized spacial score (nSPS) is 11.4. The zero-order chi connectivity index (χ0) is 16.1. The van der Waals surface area contributed by atoms with Gasteiger partial charge in [-0.3, -0.25) is 4.90 Å². The third-order valence-corrected chi connectivity index (χ3v) is 3.77. The summed E-state index contributed by atoms with van der Waals surface area (Å²) in [6.07, 6.45) is 0. The van der Waals surface area contributed by atoms with E-state index >= 15 is 0 Å². The predicted octanol–water partition coefficient (Wildman–Crippen LogP) is 4.84. The molecule has 0 spiro atoms. The Morgan fingerprint density at radius 2 is 1.77 bits per heavy atom. The maximum atomic E-state index is 13.9. The van der Waals surface area contributed by atoms with E-state index in [4.69, 9.17) is 11.6 Å². The molecule has 1 N–H and O–H groups in total. The molecular formula is C18H21ClFNO. The molecule has 4 heteroatoms. The highest BCUT2D eigenvalue weighted by atomic mass is 35.5. The largest absolute Gasteiger partial charge is 0.508 e. The molecule has 0 aromatic heterocycles. The Labute approximate surface area is 136 Å². The van der Waals surface area contributed by atoms with Crippen molar-refractivity contribution in [1.82, 2.24) is 4.90 Å². The van der Waals surface area contributed by atoms with Crippen molar-refractivity contribution < 1.29 is 9.50 Å². The highest BCUT2D eigenvalue weighted by Gasteiger charge is 2.13. The fourth-order valence-corrected chi connectivity index (χ4v) is 2.67. The minimum Gasteiger partial charge on any atom is -0.508 e. The van der Waals surface area contributed by atoms with Crippen molar-refractivity contribution in [2.75, 3.05) is 6.54 Å². The van der Waals surface area contributed by atoms with E-state index in [0.29, 0.717) is 29.6 Å². The molecule has 118 valence electrons. The predicted molar refractivity (Wildman–Crippen MR) is 88.5 cm³/mol. The third-order valence-electron chi connectivity index (χ3n) is 3.40. The van der Waals surface area contributed by atoms with Crippen LogP contribution in [-0.4, -0.2) is 16.6 Å². The van der Waals surface area contributed by atoms with E-state index in [1.807, 2.05) is 6.07 Å². The number of aromatic hydroxyl groups is 1. The first-order chi connectivity index (χ1) is 10.5. The number of halogens is 2. The quantitative estimate of drug-likeness (QED) is 0.822. The lowest BCUT2D eigenvalue weighted by Crippen LogP contribution is -2.27. The van der Waals surface area contributed by atoms with Crippen LogP contribution in [0.15, 0.2) is 42.5 Å². The average Bonchev–Trinajstić information content (AvgIpc) is 2.44. The van der Waals surface area contributed by atoms with Crippen molar-refractivity contribution >= 4 is 11.6 Å². The van der Waals surface area contributed by atoms with E-state index in [-0.39, 0.29) is 11.6 Å². The molecule has 2 aromatic rings. The van der Waals surface area contributed by atoms with Gasteiger partial charge < -0.3 is 5.11 Å². The maximum Gasteiger partial charge on any atom is 0.127 e. The van der Waals surface area contributed by atoms with E-state index in [2.05, 4.69) is 18.7 Å². The van der Waals surface area contributed by atoms with E-state index in [1.54, 1.807) is 30.3 Å². The second kappa shape index (κ2) is 7.61. The molecule has 2 nitrogen and oxygen atoms in total. The minimum atomic E-state index is -0.196. The molecule has 0 aliphatic heterocycles. The van der Waals surface area contributed by atoms with Crippen LogP contribution >= 0.6 is 11.6 Å². The van der Waals surface area contributed by atoms with Crippen molar-refractivity contribution in [3.63, 3.8) is 0 Å². The highest BCUT2D eigenvalue weighted by molar-refractivity contribution is 6.31. The fraction of sp³-hybridized carbons (Fsp3) is 0.333. The van der Waals surface area contributed by atoms with Crippen LogP contribution < -0.4 is 0 Å². The Hall–Kier alpha value is -1.58. The molecule has 2 aromatic carbocycles. The average molecular weight is 322 g/mol. The molecule has 2 rings (SSSR count). The fourth-order valence-electron chi connectivity index (χ4n) is 2.49. The minimum absolute atomic E-state index is 0.190. The molecule has 22 heavy (non-hydrogen) atoms. The van der Waals surface area contributed by atoms with Gasteiger partial charge in [0.15, 0.2) is 0 Å². The summed E-state index contributed by atoms with van der Waals surface area (Å²) in [5.74, 6) is 0.441. The van der Waals surface area contributed by atoms with E-state index in [0.717, 1.165) is 12.1 Å². The number of rotatable bonds is 6. The summed E-state index contributed by atoms with van der Waals surface area (Å²) in [4.78, 5) is 2.14. The summed E-state index contributed by atoms with van der Waals surface area (Å²) in [6, 6.07) is 11.7. The van der Waals surface area contributed by atoms with Crippen LogP contribution in [0.2, 0.25) is 5.02 Å². The van der Waals surface area contributed by atoms with Gasteiger partial charge in [-0.25, -0.2) is 4.39 Å². The Morgan fingerprint density at radius 1 is 1.09 bits per heavy atom. The Bertz CT molecular complexity index is 630. The number of phenolic OH excluding ortho intramolecular Hbond substituents is 1. The summed E-state index contributed by atoms with van der Waals surface area (Å²) < 4.78 is 13.9. The van der Waals surface area contributed by atoms with Gasteiger partial charge in [0.05, 0.1) is 0 Å². The molecule has 0 atom stereocenters. The summed E-state index contributed by atoms with van der Waals surface area (Å²) >= 11 is 6.20. The molecule has 0 saturated carbocycles. The maximum absolute atomic E-state index is 13.9. The smallest absolute Gasteiger partial charge is 0.127 e. The van der Waals surface area contributed by atoms with Crippen LogP contribution in [0.3, 0.4) is 0 Å². The Kier molecular flexibility index (Phi) is 5.81. The van der Waals surface area contributed by atoms with Crippen molar-refractivity contribution in [2.24, 2.45) is 5.92 Å². The first kappa shape index (κ1) is 16.8. The lowest BCUT2D eigenvalue weighted by atomic mass is 10.1. The van der Waals surface area contributed by atoms with Crippen LogP contribution in [0.5, 0.6) is 5.75 Å². The number of phenols is 1. The first-order valence-electron chi connectivity index (χ1n) is 7.39. The topological polar surface area (TPSA) is 23.5 Å². The van der Waals surface area contributed by atoms with Gasteiger partial charge in [-0.2, -0.15) is 0 Å². The van der Waals surface area contributed by atoms with Crippen LogP contribution in [0.25, 0.3) is 0 Å². The standard InChI is InChI=1S/C18H21ClFNO/c1-13(2)10-21(11-14-5-3-4-6-18(14)20)12-15-9-16(22)7-8-17(15)19/h3-9,13,22H,10-12H2,1-2H3. The van der Waals surface area contributed by atoms with Crippen LogP contribution in [-0.2, 0) is 13.1 Å². The van der Waals surface area contributed by atoms with Gasteiger partial charge in [0.1, 0.15) is 11.6 Å². The molecule has 0 aliphatic rings. The Balaban J connectivity index is 2.19. The number of benzene rings is 2. The molecule has 0 aliphatic carbocycles. The monoisotopic (exact) mass is 321 g/mol. The first-order valence-corrected chi connectivity index (χ1v) is 7.76. The van der Waals surface area contributed by atoms with E-state index in [1.165, 1.54) is 6.07 Å². The van der Waals surface area contributed by atoms with Crippen LogP contribution in [0.1, 0.15) is 25.0 Å². The molecule has 0 unspecified atom stereocenters. The lowest BCUT2D eigenvalue weighted by Gasteiger charge is -2.25. The molecule has 0 bridgehead atoms. The van der Waals surface area contributed by atoms with Gasteiger partial charge in [0.2, 0.25) is 0 Å². The zero-order valence-electron chi connectivity index (χ0n) is 12.9. The summed E-state index contributed by atoms with van der Waals surface area (Å²) in [6.45, 7) is 6.15. The van der Waals surface area contributed by atoms with E-state index in [9.17, 15) is 9.50 Å². The Morgan fingerprint density at radius 3 is 2.45 bits per heavy atom. The second-order valence-corrected chi connectivity index (χ2v) is 6.34. The van der Waals surface area contributed by atoms with Gasteiger partial charge >= 0.3 is 0 Å². The molecule has 0 heterocycles. The van der Waals surface area contributed by atoms with Crippen LogP contribution in [0, 0.1) is 11.7 Å². The summed E-state index contributed by atoms with van der Waals surface area (Å²) in [7, 11) is 0. The highest BCUT2D eigenvalue weighted by Crippen LogP contribution is 2.24. The molecule has 0 saturated heterocycles. The van der Waals surface area contributed by atoms with E-state index < -0.39 is 0 Å². The number of nitrogens with zero attached hydrogens (tertiary/aromatic N) is 1. The third kappa shape index (κ3) is 4.72. The molecule has 0 radical (unpaired) electrons. The van der Waals surface area contributed by atoms with Gasteiger partial charge in [-0.05, 0) is 35.7 Å². The molecule has 0 fully saturated rings. The lowest BCUT2D eigenvalue weighted by molar-refractivity contribution is 0.224. The molecular weight excluding hydrogens is 301 g/mol. The van der Waals surface area contributed by atoms with Gasteiger partial charge in [0.25, 0.3) is 0 Å². The van der Waals surface area contributed by atoms with Crippen molar-refractivity contribution in [2.45, 2.75) is 26.9 Å². The van der Waals surface area contributed by atoms with Gasteiger partial charge in [0, 0.05) is 30.2 Å². The van der Waals surface area contributed by atoms with Crippen LogP contribution in [0.4, 0.5) is 4.39 Å². The van der Waals surface area contributed by atoms with Gasteiger partial charge in [-0.15, -0.1) is 0 Å². The van der Waals surface area contributed by atoms with Gasteiger partial charge in [-0.1, -0.05) is 43.6 Å². The molecule has 0 amide bonds. The van der Waals surface area contributed by atoms with Crippen molar-refractivity contribution in [3.05, 3.63) is 64.4 Å². The number of hydrogen-bond acceptors (Lipinski definition) is 2. The van der Waals surface area contributed by atoms with Crippen molar-refractivity contribution in [3.8, 4) is 5.75 Å².